The van der Waals surface area contributed by atoms with Gasteiger partial charge in [0.1, 0.15) is 0 Å². The predicted molar refractivity (Wildman–Crippen MR) is 106 cm³/mol. The zero-order chi connectivity index (χ0) is 19.5. The highest BCUT2D eigenvalue weighted by Crippen LogP contribution is 2.30. The van der Waals surface area contributed by atoms with E-state index < -0.39 is 0 Å². The average Bonchev–Trinajstić information content (AvgIpc) is 3.55. The number of anilines is 1. The van der Waals surface area contributed by atoms with Gasteiger partial charge in [0.25, 0.3) is 5.56 Å². The molecule has 3 aromatic rings. The van der Waals surface area contributed by atoms with Crippen molar-refractivity contribution in [3.05, 3.63) is 70.1 Å². The summed E-state index contributed by atoms with van der Waals surface area (Å²) in [6.07, 6.45) is 1.97. The van der Waals surface area contributed by atoms with Crippen LogP contribution in [0.15, 0.2) is 53.3 Å². The quantitative estimate of drug-likeness (QED) is 0.613. The van der Waals surface area contributed by atoms with Gasteiger partial charge in [-0.25, -0.2) is 5.10 Å². The molecule has 1 fully saturated rings. The smallest absolute Gasteiger partial charge is 0.272 e. The zero-order valence-electron chi connectivity index (χ0n) is 15.2. The molecule has 1 aliphatic rings. The summed E-state index contributed by atoms with van der Waals surface area (Å²) >= 11 is 0. The van der Waals surface area contributed by atoms with Gasteiger partial charge in [-0.05, 0) is 36.6 Å². The normalized spacial score (nSPS) is 13.3. The highest BCUT2D eigenvalue weighted by atomic mass is 16.2. The Hall–Kier alpha value is -3.48. The highest BCUT2D eigenvalue weighted by molar-refractivity contribution is 5.94. The molecule has 1 saturated carbocycles. The summed E-state index contributed by atoms with van der Waals surface area (Å²) in [6.45, 7) is 0.341. The third kappa shape index (κ3) is 4.09. The topological polar surface area (TPSA) is 104 Å². The second kappa shape index (κ2) is 7.64. The van der Waals surface area contributed by atoms with Crippen molar-refractivity contribution in [2.75, 3.05) is 5.32 Å². The number of nitrogens with zero attached hydrogens (tertiary/aromatic N) is 1. The Morgan fingerprint density at radius 1 is 1.07 bits per heavy atom. The minimum absolute atomic E-state index is 0.0530. The Labute approximate surface area is 161 Å². The van der Waals surface area contributed by atoms with Crippen molar-refractivity contribution in [2.24, 2.45) is 5.92 Å². The zero-order valence-corrected chi connectivity index (χ0v) is 15.2. The lowest BCUT2D eigenvalue weighted by molar-refractivity contribution is -0.120. The molecule has 0 spiro atoms. The van der Waals surface area contributed by atoms with Gasteiger partial charge in [0.15, 0.2) is 0 Å². The number of carbonyl (C=O) groups is 2. The van der Waals surface area contributed by atoms with Gasteiger partial charge in [0.05, 0.1) is 17.5 Å². The molecule has 1 heterocycles. The van der Waals surface area contributed by atoms with Gasteiger partial charge in [-0.15, -0.1) is 0 Å². The molecule has 28 heavy (non-hydrogen) atoms. The van der Waals surface area contributed by atoms with Crippen molar-refractivity contribution >= 4 is 28.3 Å². The molecule has 7 nitrogen and oxygen atoms in total. The first kappa shape index (κ1) is 17.9. The van der Waals surface area contributed by atoms with E-state index in [0.717, 1.165) is 24.1 Å². The standard InChI is InChI=1S/C21H20N4O3/c26-19(11-18-16-6-1-2-7-17(16)21(28)25-24-18)22-12-13-4-3-5-15(10-13)23-20(27)14-8-9-14/h1-7,10,14H,8-9,11-12H2,(H,22,26)(H,23,27)(H,25,28). The molecule has 0 radical (unpaired) electrons. The van der Waals surface area contributed by atoms with Crippen LogP contribution < -0.4 is 16.2 Å². The summed E-state index contributed by atoms with van der Waals surface area (Å²) in [7, 11) is 0. The van der Waals surface area contributed by atoms with Gasteiger partial charge in [-0.2, -0.15) is 5.10 Å². The van der Waals surface area contributed by atoms with Gasteiger partial charge in [0, 0.05) is 23.5 Å². The van der Waals surface area contributed by atoms with E-state index in [-0.39, 0.29) is 29.7 Å². The predicted octanol–water partition coefficient (Wildman–Crippen LogP) is 2.13. The molecule has 2 amide bonds. The van der Waals surface area contributed by atoms with Crippen LogP contribution in [0.3, 0.4) is 0 Å². The summed E-state index contributed by atoms with van der Waals surface area (Å²) in [5, 5.41) is 13.4. The van der Waals surface area contributed by atoms with Crippen molar-refractivity contribution in [3.63, 3.8) is 0 Å². The Kier molecular flexibility index (Phi) is 4.89. The molecule has 2 aromatic carbocycles. The fraction of sp³-hybridized carbons (Fsp3) is 0.238. The molecule has 7 heteroatoms. The lowest BCUT2D eigenvalue weighted by Crippen LogP contribution is -2.26. The number of H-pyrrole nitrogens is 1. The maximum Gasteiger partial charge on any atom is 0.272 e. The lowest BCUT2D eigenvalue weighted by atomic mass is 10.1. The summed E-state index contributed by atoms with van der Waals surface area (Å²) in [5.74, 6) is -0.00248. The van der Waals surface area contributed by atoms with Crippen LogP contribution in [0.4, 0.5) is 5.69 Å². The van der Waals surface area contributed by atoms with E-state index in [0.29, 0.717) is 23.0 Å². The van der Waals surface area contributed by atoms with Crippen LogP contribution in [0.1, 0.15) is 24.1 Å². The number of aromatic nitrogens is 2. The number of rotatable bonds is 6. The van der Waals surface area contributed by atoms with Crippen molar-refractivity contribution < 1.29 is 9.59 Å². The third-order valence-electron chi connectivity index (χ3n) is 4.74. The van der Waals surface area contributed by atoms with Gasteiger partial charge in [-0.1, -0.05) is 30.3 Å². The fourth-order valence-corrected chi connectivity index (χ4v) is 3.07. The van der Waals surface area contributed by atoms with Crippen molar-refractivity contribution in [3.8, 4) is 0 Å². The Balaban J connectivity index is 1.39. The Morgan fingerprint density at radius 3 is 2.64 bits per heavy atom. The van der Waals surface area contributed by atoms with Gasteiger partial charge < -0.3 is 10.6 Å². The highest BCUT2D eigenvalue weighted by Gasteiger charge is 2.29. The summed E-state index contributed by atoms with van der Waals surface area (Å²) in [5.41, 5.74) is 1.88. The Bertz CT molecular complexity index is 1100. The van der Waals surface area contributed by atoms with E-state index in [1.807, 2.05) is 30.3 Å². The van der Waals surface area contributed by atoms with Crippen LogP contribution in [-0.4, -0.2) is 22.0 Å². The first-order valence-corrected chi connectivity index (χ1v) is 9.23. The third-order valence-corrected chi connectivity index (χ3v) is 4.74. The second-order valence-corrected chi connectivity index (χ2v) is 6.96. The summed E-state index contributed by atoms with van der Waals surface area (Å²) in [4.78, 5) is 36.1. The van der Waals surface area contributed by atoms with Crippen LogP contribution in [0.2, 0.25) is 0 Å². The number of hydrogen-bond donors (Lipinski definition) is 3. The number of hydrogen-bond acceptors (Lipinski definition) is 4. The molecule has 0 atom stereocenters. The van der Waals surface area contributed by atoms with E-state index in [9.17, 15) is 14.4 Å². The molecular formula is C21H20N4O3. The number of fused-ring (bicyclic) bond motifs is 1. The molecular weight excluding hydrogens is 356 g/mol. The molecule has 142 valence electrons. The van der Waals surface area contributed by atoms with E-state index in [4.69, 9.17) is 0 Å². The SMILES string of the molecule is O=C(Cc1n[nH]c(=O)c2ccccc12)NCc1cccc(NC(=O)C2CC2)c1. The number of carbonyl (C=O) groups excluding carboxylic acids is 2. The molecule has 0 bridgehead atoms. The van der Waals surface area contributed by atoms with Crippen LogP contribution in [0.25, 0.3) is 10.8 Å². The van der Waals surface area contributed by atoms with E-state index in [1.54, 1.807) is 18.2 Å². The Morgan fingerprint density at radius 2 is 1.86 bits per heavy atom. The van der Waals surface area contributed by atoms with Crippen LogP contribution >= 0.6 is 0 Å². The van der Waals surface area contributed by atoms with Crippen LogP contribution in [0, 0.1) is 5.92 Å². The van der Waals surface area contributed by atoms with E-state index >= 15 is 0 Å². The van der Waals surface area contributed by atoms with Gasteiger partial charge in [-0.3, -0.25) is 14.4 Å². The molecule has 1 aliphatic carbocycles. The number of nitrogens with one attached hydrogen (secondary N) is 3. The fourth-order valence-electron chi connectivity index (χ4n) is 3.07. The average molecular weight is 376 g/mol. The minimum atomic E-state index is -0.273. The molecule has 0 saturated heterocycles. The molecule has 4 rings (SSSR count). The maximum absolute atomic E-state index is 12.4. The lowest BCUT2D eigenvalue weighted by Gasteiger charge is -2.09. The van der Waals surface area contributed by atoms with E-state index in [2.05, 4.69) is 20.8 Å². The second-order valence-electron chi connectivity index (χ2n) is 6.96. The van der Waals surface area contributed by atoms with Crippen molar-refractivity contribution in [1.29, 1.82) is 0 Å². The molecule has 3 N–H and O–H groups in total. The number of benzene rings is 2. The first-order valence-electron chi connectivity index (χ1n) is 9.23. The summed E-state index contributed by atoms with van der Waals surface area (Å²) < 4.78 is 0. The van der Waals surface area contributed by atoms with Gasteiger partial charge in [0.2, 0.25) is 11.8 Å². The molecule has 0 aliphatic heterocycles. The van der Waals surface area contributed by atoms with Crippen molar-refractivity contribution in [2.45, 2.75) is 25.8 Å². The monoisotopic (exact) mass is 376 g/mol. The van der Waals surface area contributed by atoms with Gasteiger partial charge >= 0.3 is 0 Å². The first-order chi connectivity index (χ1) is 13.6. The van der Waals surface area contributed by atoms with Crippen LogP contribution in [-0.2, 0) is 22.6 Å². The van der Waals surface area contributed by atoms with E-state index in [1.165, 1.54) is 0 Å². The number of aromatic amines is 1. The minimum Gasteiger partial charge on any atom is -0.352 e. The van der Waals surface area contributed by atoms with Crippen molar-refractivity contribution in [1.82, 2.24) is 15.5 Å². The largest absolute Gasteiger partial charge is 0.352 e. The molecule has 0 unspecified atom stereocenters. The summed E-state index contributed by atoms with van der Waals surface area (Å²) in [6, 6.07) is 14.5. The van der Waals surface area contributed by atoms with Crippen LogP contribution in [0.5, 0.6) is 0 Å². The maximum atomic E-state index is 12.4. The molecule has 1 aromatic heterocycles. The number of amides is 2.